The SMILES string of the molecule is Nc1noc(C2CCOC2)c1C(=O)O. The smallest absolute Gasteiger partial charge is 0.343 e. The summed E-state index contributed by atoms with van der Waals surface area (Å²) < 4.78 is 10.0. The third kappa shape index (κ3) is 1.33. The largest absolute Gasteiger partial charge is 0.477 e. The molecule has 1 atom stereocenters. The lowest BCUT2D eigenvalue weighted by Crippen LogP contribution is -2.07. The number of nitrogen functional groups attached to an aromatic ring is 1. The molecule has 0 radical (unpaired) electrons. The maximum absolute atomic E-state index is 10.8. The van der Waals surface area contributed by atoms with Crippen molar-refractivity contribution in [1.29, 1.82) is 0 Å². The molecule has 0 amide bonds. The number of nitrogens with two attached hydrogens (primary N) is 1. The molecular weight excluding hydrogens is 188 g/mol. The maximum Gasteiger partial charge on any atom is 0.343 e. The third-order valence-electron chi connectivity index (χ3n) is 2.26. The van der Waals surface area contributed by atoms with E-state index in [1.807, 2.05) is 0 Å². The molecule has 6 heteroatoms. The molecule has 0 aliphatic carbocycles. The molecule has 14 heavy (non-hydrogen) atoms. The van der Waals surface area contributed by atoms with E-state index in [0.717, 1.165) is 6.42 Å². The predicted octanol–water partition coefficient (Wildman–Crippen LogP) is 0.459. The highest BCUT2D eigenvalue weighted by Gasteiger charge is 2.29. The van der Waals surface area contributed by atoms with Crippen molar-refractivity contribution in [1.82, 2.24) is 5.16 Å². The van der Waals surface area contributed by atoms with Crippen molar-refractivity contribution >= 4 is 11.8 Å². The standard InChI is InChI=1S/C8H10N2O4/c9-7-5(8(11)12)6(14-10-7)4-1-2-13-3-4/h4H,1-3H2,(H2,9,10)(H,11,12). The van der Waals surface area contributed by atoms with Gasteiger partial charge in [-0.25, -0.2) is 4.79 Å². The molecule has 6 nitrogen and oxygen atoms in total. The van der Waals surface area contributed by atoms with Gasteiger partial charge in [-0.2, -0.15) is 0 Å². The Hall–Kier alpha value is -1.56. The first-order valence-corrected chi connectivity index (χ1v) is 4.26. The van der Waals surface area contributed by atoms with Gasteiger partial charge in [-0.15, -0.1) is 0 Å². The molecule has 2 heterocycles. The van der Waals surface area contributed by atoms with E-state index in [2.05, 4.69) is 5.16 Å². The number of carbonyl (C=O) groups is 1. The second-order valence-electron chi connectivity index (χ2n) is 3.17. The van der Waals surface area contributed by atoms with Crippen molar-refractivity contribution in [2.24, 2.45) is 0 Å². The average molecular weight is 198 g/mol. The van der Waals surface area contributed by atoms with E-state index in [-0.39, 0.29) is 17.3 Å². The first-order valence-electron chi connectivity index (χ1n) is 4.26. The lowest BCUT2D eigenvalue weighted by atomic mass is 10.0. The summed E-state index contributed by atoms with van der Waals surface area (Å²) in [6, 6.07) is 0. The fourth-order valence-electron chi connectivity index (χ4n) is 1.55. The molecule has 3 N–H and O–H groups in total. The summed E-state index contributed by atoms with van der Waals surface area (Å²) in [6.07, 6.45) is 0.745. The second-order valence-corrected chi connectivity index (χ2v) is 3.17. The zero-order chi connectivity index (χ0) is 10.1. The van der Waals surface area contributed by atoms with Crippen LogP contribution >= 0.6 is 0 Å². The molecule has 1 aromatic rings. The van der Waals surface area contributed by atoms with Crippen LogP contribution in [0, 0.1) is 0 Å². The van der Waals surface area contributed by atoms with Gasteiger partial charge in [-0.05, 0) is 6.42 Å². The molecule has 76 valence electrons. The van der Waals surface area contributed by atoms with Crippen LogP contribution in [-0.2, 0) is 4.74 Å². The molecule has 0 saturated carbocycles. The van der Waals surface area contributed by atoms with Crippen LogP contribution in [0.5, 0.6) is 0 Å². The Morgan fingerprint density at radius 2 is 2.43 bits per heavy atom. The number of aromatic carboxylic acids is 1. The molecule has 1 aromatic heterocycles. The van der Waals surface area contributed by atoms with Crippen molar-refractivity contribution in [3.8, 4) is 0 Å². The Morgan fingerprint density at radius 1 is 1.64 bits per heavy atom. The number of anilines is 1. The van der Waals surface area contributed by atoms with E-state index in [1.165, 1.54) is 0 Å². The van der Waals surface area contributed by atoms with Crippen molar-refractivity contribution in [3.63, 3.8) is 0 Å². The zero-order valence-electron chi connectivity index (χ0n) is 7.40. The number of carboxylic acids is 1. The number of rotatable bonds is 2. The van der Waals surface area contributed by atoms with Crippen molar-refractivity contribution in [3.05, 3.63) is 11.3 Å². The number of nitrogens with zero attached hydrogens (tertiary/aromatic N) is 1. The van der Waals surface area contributed by atoms with Gasteiger partial charge in [-0.3, -0.25) is 0 Å². The molecule has 2 rings (SSSR count). The molecule has 1 aliphatic heterocycles. The van der Waals surface area contributed by atoms with Gasteiger partial charge in [0, 0.05) is 12.5 Å². The van der Waals surface area contributed by atoms with E-state index in [0.29, 0.717) is 19.0 Å². The van der Waals surface area contributed by atoms with Crippen molar-refractivity contribution in [2.45, 2.75) is 12.3 Å². The third-order valence-corrected chi connectivity index (χ3v) is 2.26. The fourth-order valence-corrected chi connectivity index (χ4v) is 1.55. The summed E-state index contributed by atoms with van der Waals surface area (Å²) in [5.41, 5.74) is 5.36. The van der Waals surface area contributed by atoms with E-state index in [4.69, 9.17) is 20.1 Å². The Labute approximate surface area is 79.6 Å². The van der Waals surface area contributed by atoms with Gasteiger partial charge < -0.3 is 20.1 Å². The van der Waals surface area contributed by atoms with Crippen molar-refractivity contribution < 1.29 is 19.2 Å². The summed E-state index contributed by atoms with van der Waals surface area (Å²) in [7, 11) is 0. The van der Waals surface area contributed by atoms with Gasteiger partial charge in [0.2, 0.25) is 0 Å². The van der Waals surface area contributed by atoms with E-state index < -0.39 is 5.97 Å². The molecule has 0 spiro atoms. The first-order chi connectivity index (χ1) is 6.70. The van der Waals surface area contributed by atoms with Crippen LogP contribution < -0.4 is 5.73 Å². The maximum atomic E-state index is 10.8. The molecule has 1 saturated heterocycles. The van der Waals surface area contributed by atoms with Gasteiger partial charge in [0.1, 0.15) is 5.56 Å². The van der Waals surface area contributed by atoms with Crippen LogP contribution in [0.15, 0.2) is 4.52 Å². The Bertz CT molecular complexity index is 354. The highest BCUT2D eigenvalue weighted by molar-refractivity contribution is 5.93. The summed E-state index contributed by atoms with van der Waals surface area (Å²) >= 11 is 0. The Balaban J connectivity index is 2.37. The lowest BCUT2D eigenvalue weighted by Gasteiger charge is -2.02. The Kier molecular flexibility index (Phi) is 2.12. The van der Waals surface area contributed by atoms with Gasteiger partial charge in [-0.1, -0.05) is 5.16 Å². The summed E-state index contributed by atoms with van der Waals surface area (Å²) in [6.45, 7) is 1.08. The normalized spacial score (nSPS) is 21.3. The van der Waals surface area contributed by atoms with Crippen LogP contribution in [0.1, 0.15) is 28.5 Å². The first kappa shape index (κ1) is 9.01. The van der Waals surface area contributed by atoms with Gasteiger partial charge in [0.05, 0.1) is 6.61 Å². The number of ether oxygens (including phenoxy) is 1. The molecule has 0 aromatic carbocycles. The summed E-state index contributed by atoms with van der Waals surface area (Å²) in [5.74, 6) is -0.886. The number of hydrogen-bond donors (Lipinski definition) is 2. The zero-order valence-corrected chi connectivity index (χ0v) is 7.40. The quantitative estimate of drug-likeness (QED) is 0.716. The minimum Gasteiger partial charge on any atom is -0.477 e. The fraction of sp³-hybridized carbons (Fsp3) is 0.500. The molecular formula is C8H10N2O4. The summed E-state index contributed by atoms with van der Waals surface area (Å²) in [4.78, 5) is 10.8. The predicted molar refractivity (Wildman–Crippen MR) is 46.1 cm³/mol. The van der Waals surface area contributed by atoms with E-state index in [1.54, 1.807) is 0 Å². The lowest BCUT2D eigenvalue weighted by molar-refractivity contribution is 0.0694. The van der Waals surface area contributed by atoms with Crippen molar-refractivity contribution in [2.75, 3.05) is 18.9 Å². The van der Waals surface area contributed by atoms with Gasteiger partial charge in [0.25, 0.3) is 0 Å². The number of hydrogen-bond acceptors (Lipinski definition) is 5. The molecule has 1 fully saturated rings. The minimum atomic E-state index is -1.11. The van der Waals surface area contributed by atoms with Gasteiger partial charge >= 0.3 is 5.97 Å². The second kappa shape index (κ2) is 3.30. The summed E-state index contributed by atoms with van der Waals surface area (Å²) in [5, 5.41) is 12.3. The average Bonchev–Trinajstić information content (AvgIpc) is 2.70. The minimum absolute atomic E-state index is 0.0273. The van der Waals surface area contributed by atoms with Crippen LogP contribution in [-0.4, -0.2) is 29.4 Å². The number of carboxylic acid groups (broad SMARTS) is 1. The van der Waals surface area contributed by atoms with E-state index >= 15 is 0 Å². The molecule has 1 aliphatic rings. The van der Waals surface area contributed by atoms with Crippen LogP contribution in [0.2, 0.25) is 0 Å². The van der Waals surface area contributed by atoms with Gasteiger partial charge in [0.15, 0.2) is 11.6 Å². The van der Waals surface area contributed by atoms with Crippen LogP contribution in [0.3, 0.4) is 0 Å². The highest BCUT2D eigenvalue weighted by Crippen LogP contribution is 2.30. The highest BCUT2D eigenvalue weighted by atomic mass is 16.5. The Morgan fingerprint density at radius 3 is 3.00 bits per heavy atom. The monoisotopic (exact) mass is 198 g/mol. The molecule has 0 bridgehead atoms. The van der Waals surface area contributed by atoms with Crippen LogP contribution in [0.25, 0.3) is 0 Å². The molecule has 1 unspecified atom stereocenters. The van der Waals surface area contributed by atoms with E-state index in [9.17, 15) is 4.79 Å². The topological polar surface area (TPSA) is 98.6 Å². The van der Waals surface area contributed by atoms with Crippen LogP contribution in [0.4, 0.5) is 5.82 Å². The number of aromatic nitrogens is 1.